The Balaban J connectivity index is 1.90. The number of piperidine rings is 1. The van der Waals surface area contributed by atoms with Gasteiger partial charge in [-0.15, -0.1) is 0 Å². The molecule has 146 valence electrons. The van der Waals surface area contributed by atoms with Crippen LogP contribution in [0.2, 0.25) is 0 Å². The first-order chi connectivity index (χ1) is 12.7. The van der Waals surface area contributed by atoms with E-state index in [1.807, 2.05) is 19.0 Å². The molecule has 2 heterocycles. The number of rotatable bonds is 5. The summed E-state index contributed by atoms with van der Waals surface area (Å²) in [6, 6.07) is 4.01. The molecule has 1 unspecified atom stereocenters. The Kier molecular flexibility index (Phi) is 5.05. The largest absolute Gasteiger partial charge is 0.365 e. The summed E-state index contributed by atoms with van der Waals surface area (Å²) in [5, 5.41) is 15.4. The van der Waals surface area contributed by atoms with E-state index in [9.17, 15) is 18.5 Å². The number of hydrogen-bond donors (Lipinski definition) is 0. The Morgan fingerprint density at radius 2 is 2.11 bits per heavy atom. The SMILES string of the molecule is CN(C)c1noc(C2CCCN(c3ccc(S(C)(=O)=O)cc3[N+](=O)[O-])C2)n1. The third-order valence-electron chi connectivity index (χ3n) is 4.51. The third-order valence-corrected chi connectivity index (χ3v) is 5.62. The number of sulfone groups is 1. The summed E-state index contributed by atoms with van der Waals surface area (Å²) >= 11 is 0. The van der Waals surface area contributed by atoms with E-state index in [-0.39, 0.29) is 16.5 Å². The van der Waals surface area contributed by atoms with E-state index < -0.39 is 14.8 Å². The minimum atomic E-state index is -3.53. The molecule has 0 N–H and O–H groups in total. The molecule has 1 aromatic carbocycles. The highest BCUT2D eigenvalue weighted by Gasteiger charge is 2.30. The molecule has 11 heteroatoms. The molecule has 0 saturated carbocycles. The highest BCUT2D eigenvalue weighted by atomic mass is 32.2. The minimum absolute atomic E-state index is 0.0471. The van der Waals surface area contributed by atoms with Gasteiger partial charge in [0.05, 0.1) is 15.7 Å². The molecule has 1 fully saturated rings. The molecule has 0 bridgehead atoms. The van der Waals surface area contributed by atoms with Crippen molar-refractivity contribution in [1.29, 1.82) is 0 Å². The van der Waals surface area contributed by atoms with Crippen molar-refractivity contribution in [3.63, 3.8) is 0 Å². The van der Waals surface area contributed by atoms with Gasteiger partial charge >= 0.3 is 0 Å². The van der Waals surface area contributed by atoms with Crippen LogP contribution in [-0.2, 0) is 9.84 Å². The molecular formula is C16H21N5O5S. The minimum Gasteiger partial charge on any atom is -0.365 e. The second-order valence-electron chi connectivity index (χ2n) is 6.79. The fourth-order valence-electron chi connectivity index (χ4n) is 3.12. The second-order valence-corrected chi connectivity index (χ2v) is 8.81. The molecule has 2 aromatic rings. The smallest absolute Gasteiger partial charge is 0.293 e. The molecule has 10 nitrogen and oxygen atoms in total. The first-order valence-electron chi connectivity index (χ1n) is 8.41. The zero-order valence-electron chi connectivity index (χ0n) is 15.3. The standard InChI is InChI=1S/C16H21N5O5S/c1-19(2)16-17-15(26-18-16)11-5-4-8-20(10-11)13-7-6-12(27(3,24)25)9-14(13)21(22)23/h6-7,9,11H,4-5,8,10H2,1-3H3. The van der Waals surface area contributed by atoms with Crippen LogP contribution in [0.1, 0.15) is 24.7 Å². The van der Waals surface area contributed by atoms with Gasteiger partial charge in [-0.25, -0.2) is 8.42 Å². The number of hydrogen-bond acceptors (Lipinski definition) is 9. The van der Waals surface area contributed by atoms with Crippen molar-refractivity contribution in [1.82, 2.24) is 10.1 Å². The molecule has 27 heavy (non-hydrogen) atoms. The molecule has 1 saturated heterocycles. The number of nitro groups is 1. The van der Waals surface area contributed by atoms with Crippen LogP contribution in [0.3, 0.4) is 0 Å². The van der Waals surface area contributed by atoms with Crippen LogP contribution in [0.5, 0.6) is 0 Å². The predicted octanol–water partition coefficient (Wildman–Crippen LogP) is 1.83. The van der Waals surface area contributed by atoms with Crippen molar-refractivity contribution in [2.75, 3.05) is 43.2 Å². The predicted molar refractivity (Wildman–Crippen MR) is 99.0 cm³/mol. The molecule has 0 amide bonds. The van der Waals surface area contributed by atoms with Crippen molar-refractivity contribution >= 4 is 27.2 Å². The number of nitrogens with zero attached hydrogens (tertiary/aromatic N) is 5. The fraction of sp³-hybridized carbons (Fsp3) is 0.500. The van der Waals surface area contributed by atoms with Crippen molar-refractivity contribution in [3.8, 4) is 0 Å². The maximum atomic E-state index is 11.7. The zero-order valence-corrected chi connectivity index (χ0v) is 16.1. The van der Waals surface area contributed by atoms with Crippen molar-refractivity contribution in [2.24, 2.45) is 0 Å². The van der Waals surface area contributed by atoms with Gasteiger partial charge in [0.25, 0.3) is 11.6 Å². The average Bonchev–Trinajstić information content (AvgIpc) is 3.11. The van der Waals surface area contributed by atoms with Crippen molar-refractivity contribution < 1.29 is 17.9 Å². The molecule has 1 aliphatic rings. The Hall–Kier alpha value is -2.69. The normalized spacial score (nSPS) is 17.7. The first-order valence-corrected chi connectivity index (χ1v) is 10.3. The topological polar surface area (TPSA) is 123 Å². The third kappa shape index (κ3) is 4.02. The van der Waals surface area contributed by atoms with Gasteiger partial charge in [-0.05, 0) is 30.1 Å². The van der Waals surface area contributed by atoms with E-state index in [0.29, 0.717) is 30.6 Å². The van der Waals surface area contributed by atoms with E-state index in [2.05, 4.69) is 10.1 Å². The van der Waals surface area contributed by atoms with Crippen LogP contribution >= 0.6 is 0 Å². The summed E-state index contributed by atoms with van der Waals surface area (Å²) in [6.07, 6.45) is 2.66. The van der Waals surface area contributed by atoms with Crippen molar-refractivity contribution in [3.05, 3.63) is 34.2 Å². The first kappa shape index (κ1) is 19.1. The number of anilines is 2. The maximum Gasteiger partial charge on any atom is 0.293 e. The Morgan fingerprint density at radius 1 is 1.37 bits per heavy atom. The highest BCUT2D eigenvalue weighted by Crippen LogP contribution is 2.35. The van der Waals surface area contributed by atoms with Gasteiger partial charge in [0.2, 0.25) is 5.89 Å². The van der Waals surface area contributed by atoms with Crippen LogP contribution < -0.4 is 9.80 Å². The van der Waals surface area contributed by atoms with Gasteiger partial charge in [0.1, 0.15) is 5.69 Å². The highest BCUT2D eigenvalue weighted by molar-refractivity contribution is 7.90. The monoisotopic (exact) mass is 395 g/mol. The van der Waals surface area contributed by atoms with E-state index in [0.717, 1.165) is 25.2 Å². The molecule has 0 spiro atoms. The number of nitro benzene ring substituents is 1. The summed E-state index contributed by atoms with van der Waals surface area (Å²) in [6.45, 7) is 1.11. The van der Waals surface area contributed by atoms with Crippen LogP contribution in [0.4, 0.5) is 17.3 Å². The average molecular weight is 395 g/mol. The molecule has 0 radical (unpaired) electrons. The summed E-state index contributed by atoms with van der Waals surface area (Å²) in [5.41, 5.74) is 0.169. The number of benzene rings is 1. The Bertz CT molecular complexity index is 956. The lowest BCUT2D eigenvalue weighted by molar-refractivity contribution is -0.384. The molecule has 1 aromatic heterocycles. The quantitative estimate of drug-likeness (QED) is 0.551. The van der Waals surface area contributed by atoms with Gasteiger partial charge < -0.3 is 14.3 Å². The number of aromatic nitrogens is 2. The van der Waals surface area contributed by atoms with Crippen LogP contribution in [0, 0.1) is 10.1 Å². The zero-order chi connectivity index (χ0) is 19.8. The van der Waals surface area contributed by atoms with Crippen LogP contribution in [0.15, 0.2) is 27.6 Å². The Morgan fingerprint density at radius 3 is 2.70 bits per heavy atom. The van der Waals surface area contributed by atoms with Gasteiger partial charge in [-0.1, -0.05) is 0 Å². The van der Waals surface area contributed by atoms with Crippen LogP contribution in [0.25, 0.3) is 0 Å². The molecular weight excluding hydrogens is 374 g/mol. The van der Waals surface area contributed by atoms with E-state index in [1.165, 1.54) is 12.1 Å². The van der Waals surface area contributed by atoms with E-state index in [1.54, 1.807) is 4.90 Å². The van der Waals surface area contributed by atoms with Crippen LogP contribution in [-0.4, -0.2) is 56.9 Å². The molecule has 0 aliphatic carbocycles. The second kappa shape index (κ2) is 7.14. The molecule has 3 rings (SSSR count). The van der Waals surface area contributed by atoms with Gasteiger partial charge in [-0.3, -0.25) is 10.1 Å². The summed E-state index contributed by atoms with van der Waals surface area (Å²) in [7, 11) is 0.102. The van der Waals surface area contributed by atoms with Gasteiger partial charge in [0, 0.05) is 39.5 Å². The molecule has 1 aliphatic heterocycles. The fourth-order valence-corrected chi connectivity index (χ4v) is 3.76. The lowest BCUT2D eigenvalue weighted by Gasteiger charge is -2.32. The van der Waals surface area contributed by atoms with Gasteiger partial charge in [-0.2, -0.15) is 4.98 Å². The Labute approximate surface area is 156 Å². The summed E-state index contributed by atoms with van der Waals surface area (Å²) in [5.74, 6) is 0.929. The molecule has 1 atom stereocenters. The lowest BCUT2D eigenvalue weighted by Crippen LogP contribution is -2.35. The van der Waals surface area contributed by atoms with E-state index in [4.69, 9.17) is 4.52 Å². The lowest BCUT2D eigenvalue weighted by atomic mass is 9.97. The summed E-state index contributed by atoms with van der Waals surface area (Å²) < 4.78 is 28.8. The maximum absolute atomic E-state index is 11.7. The summed E-state index contributed by atoms with van der Waals surface area (Å²) in [4.78, 5) is 18.9. The van der Waals surface area contributed by atoms with E-state index >= 15 is 0 Å². The van der Waals surface area contributed by atoms with Crippen molar-refractivity contribution in [2.45, 2.75) is 23.7 Å². The van der Waals surface area contributed by atoms with Gasteiger partial charge in [0.15, 0.2) is 9.84 Å².